The van der Waals surface area contributed by atoms with Gasteiger partial charge in [-0.1, -0.05) is 30.3 Å². The minimum atomic E-state index is 0.748. The third-order valence-corrected chi connectivity index (χ3v) is 2.54. The van der Waals surface area contributed by atoms with Gasteiger partial charge in [-0.2, -0.15) is 0 Å². The van der Waals surface area contributed by atoms with Crippen LogP contribution in [0.1, 0.15) is 12.0 Å². The van der Waals surface area contributed by atoms with Crippen LogP contribution in [0.5, 0.6) is 0 Å². The molecule has 0 fully saturated rings. The molecule has 0 spiro atoms. The van der Waals surface area contributed by atoms with E-state index in [0.29, 0.717) is 0 Å². The Hall–Kier alpha value is -0.900. The van der Waals surface area contributed by atoms with Crippen molar-refractivity contribution in [1.29, 1.82) is 0 Å². The van der Waals surface area contributed by atoms with E-state index in [1.807, 2.05) is 6.07 Å². The number of methoxy groups -OCH3 is 1. The van der Waals surface area contributed by atoms with Crippen LogP contribution in [0.15, 0.2) is 30.3 Å². The van der Waals surface area contributed by atoms with Crippen molar-refractivity contribution in [2.45, 2.75) is 13.0 Å². The maximum Gasteiger partial charge on any atom is 0.0589 e. The number of nitrogens with two attached hydrogens (primary N) is 1. The molecule has 0 saturated carbocycles. The molecule has 0 amide bonds. The average Bonchev–Trinajstić information content (AvgIpc) is 2.34. The molecule has 3 heteroatoms. The van der Waals surface area contributed by atoms with E-state index in [2.05, 4.69) is 29.2 Å². The molecule has 2 N–H and O–H groups in total. The van der Waals surface area contributed by atoms with Crippen LogP contribution in [0.3, 0.4) is 0 Å². The lowest BCUT2D eigenvalue weighted by atomic mass is 10.2. The fourth-order valence-corrected chi connectivity index (χ4v) is 1.65. The van der Waals surface area contributed by atoms with E-state index in [0.717, 1.165) is 39.2 Å². The van der Waals surface area contributed by atoms with Gasteiger partial charge in [0.1, 0.15) is 0 Å². The first-order valence-electron chi connectivity index (χ1n) is 5.82. The highest BCUT2D eigenvalue weighted by atomic mass is 16.5. The van der Waals surface area contributed by atoms with Gasteiger partial charge in [0.2, 0.25) is 0 Å². The van der Waals surface area contributed by atoms with Gasteiger partial charge in [0.05, 0.1) is 6.61 Å². The van der Waals surface area contributed by atoms with E-state index in [1.165, 1.54) is 5.56 Å². The van der Waals surface area contributed by atoms with Gasteiger partial charge in [0.15, 0.2) is 0 Å². The summed E-state index contributed by atoms with van der Waals surface area (Å²) in [7, 11) is 1.74. The highest BCUT2D eigenvalue weighted by Crippen LogP contribution is 2.04. The Morgan fingerprint density at radius 3 is 2.56 bits per heavy atom. The Bertz CT molecular complexity index is 256. The summed E-state index contributed by atoms with van der Waals surface area (Å²) in [5.74, 6) is 0. The van der Waals surface area contributed by atoms with E-state index >= 15 is 0 Å². The molecule has 0 heterocycles. The lowest BCUT2D eigenvalue weighted by molar-refractivity contribution is 0.143. The molecule has 3 nitrogen and oxygen atoms in total. The standard InChI is InChI=1S/C13H22N2O/c1-16-11-10-15(9-5-8-14)12-13-6-3-2-4-7-13/h2-4,6-7H,5,8-12,14H2,1H3. The van der Waals surface area contributed by atoms with Crippen molar-refractivity contribution in [3.8, 4) is 0 Å². The quantitative estimate of drug-likeness (QED) is 0.724. The Kier molecular flexibility index (Phi) is 6.81. The van der Waals surface area contributed by atoms with Crippen LogP contribution < -0.4 is 5.73 Å². The lowest BCUT2D eigenvalue weighted by Gasteiger charge is -2.21. The van der Waals surface area contributed by atoms with Gasteiger partial charge < -0.3 is 10.5 Å². The van der Waals surface area contributed by atoms with E-state index in [4.69, 9.17) is 10.5 Å². The Morgan fingerprint density at radius 2 is 1.94 bits per heavy atom. The smallest absolute Gasteiger partial charge is 0.0589 e. The highest BCUT2D eigenvalue weighted by molar-refractivity contribution is 5.14. The fraction of sp³-hybridized carbons (Fsp3) is 0.538. The second-order valence-electron chi connectivity index (χ2n) is 3.90. The predicted octanol–water partition coefficient (Wildman–Crippen LogP) is 1.48. The summed E-state index contributed by atoms with van der Waals surface area (Å²) >= 11 is 0. The van der Waals surface area contributed by atoms with E-state index in [9.17, 15) is 0 Å². The summed E-state index contributed by atoms with van der Waals surface area (Å²) in [4.78, 5) is 2.38. The molecular formula is C13H22N2O. The van der Waals surface area contributed by atoms with Crippen molar-refractivity contribution in [2.75, 3.05) is 33.4 Å². The molecule has 0 saturated heterocycles. The van der Waals surface area contributed by atoms with Crippen LogP contribution in [0.2, 0.25) is 0 Å². The molecule has 16 heavy (non-hydrogen) atoms. The third kappa shape index (κ3) is 5.26. The molecule has 1 aromatic carbocycles. The van der Waals surface area contributed by atoms with Crippen molar-refractivity contribution in [3.05, 3.63) is 35.9 Å². The van der Waals surface area contributed by atoms with Gasteiger partial charge in [0, 0.05) is 20.2 Å². The Labute approximate surface area is 98.2 Å². The van der Waals surface area contributed by atoms with Crippen molar-refractivity contribution < 1.29 is 4.74 Å². The minimum Gasteiger partial charge on any atom is -0.383 e. The normalized spacial score (nSPS) is 10.9. The van der Waals surface area contributed by atoms with Gasteiger partial charge in [-0.25, -0.2) is 0 Å². The summed E-state index contributed by atoms with van der Waals surface area (Å²) < 4.78 is 5.12. The van der Waals surface area contributed by atoms with E-state index in [-0.39, 0.29) is 0 Å². The van der Waals surface area contributed by atoms with Gasteiger partial charge in [0.25, 0.3) is 0 Å². The van der Waals surface area contributed by atoms with Crippen LogP contribution in [0.25, 0.3) is 0 Å². The summed E-state index contributed by atoms with van der Waals surface area (Å²) in [6, 6.07) is 10.5. The first-order chi connectivity index (χ1) is 7.86. The zero-order valence-corrected chi connectivity index (χ0v) is 10.1. The highest BCUT2D eigenvalue weighted by Gasteiger charge is 2.04. The average molecular weight is 222 g/mol. The van der Waals surface area contributed by atoms with Gasteiger partial charge in [-0.05, 0) is 25.1 Å². The first kappa shape index (κ1) is 13.2. The van der Waals surface area contributed by atoms with Crippen LogP contribution in [0, 0.1) is 0 Å². The summed E-state index contributed by atoms with van der Waals surface area (Å²) in [6.07, 6.45) is 1.04. The molecule has 90 valence electrons. The molecule has 0 aliphatic heterocycles. The van der Waals surface area contributed by atoms with Crippen molar-refractivity contribution in [1.82, 2.24) is 4.90 Å². The number of nitrogens with zero attached hydrogens (tertiary/aromatic N) is 1. The number of rotatable bonds is 8. The summed E-state index contributed by atoms with van der Waals surface area (Å²) in [6.45, 7) is 4.50. The van der Waals surface area contributed by atoms with Crippen LogP contribution in [-0.2, 0) is 11.3 Å². The number of ether oxygens (including phenoxy) is 1. The molecule has 1 rings (SSSR count). The fourth-order valence-electron chi connectivity index (χ4n) is 1.65. The maximum atomic E-state index is 5.54. The molecule has 0 atom stereocenters. The summed E-state index contributed by atoms with van der Waals surface area (Å²) in [5.41, 5.74) is 6.88. The molecular weight excluding hydrogens is 200 g/mol. The molecule has 0 aromatic heterocycles. The van der Waals surface area contributed by atoms with Crippen molar-refractivity contribution in [3.63, 3.8) is 0 Å². The number of benzene rings is 1. The Morgan fingerprint density at radius 1 is 1.19 bits per heavy atom. The van der Waals surface area contributed by atoms with Crippen LogP contribution in [0.4, 0.5) is 0 Å². The molecule has 0 aliphatic rings. The molecule has 0 radical (unpaired) electrons. The molecule has 1 aromatic rings. The Balaban J connectivity index is 2.42. The molecule has 0 aliphatic carbocycles. The van der Waals surface area contributed by atoms with Crippen molar-refractivity contribution in [2.24, 2.45) is 5.73 Å². The van der Waals surface area contributed by atoms with Crippen LogP contribution in [-0.4, -0.2) is 38.3 Å². The molecule has 0 unspecified atom stereocenters. The predicted molar refractivity (Wildman–Crippen MR) is 67.3 cm³/mol. The maximum absolute atomic E-state index is 5.54. The zero-order chi connectivity index (χ0) is 11.6. The lowest BCUT2D eigenvalue weighted by Crippen LogP contribution is -2.29. The zero-order valence-electron chi connectivity index (χ0n) is 10.1. The van der Waals surface area contributed by atoms with E-state index in [1.54, 1.807) is 7.11 Å². The SMILES string of the molecule is COCCN(CCCN)Cc1ccccc1. The number of hydrogen-bond donors (Lipinski definition) is 1. The van der Waals surface area contributed by atoms with Gasteiger partial charge in [-0.15, -0.1) is 0 Å². The second-order valence-corrected chi connectivity index (χ2v) is 3.90. The topological polar surface area (TPSA) is 38.5 Å². The summed E-state index contributed by atoms with van der Waals surface area (Å²) in [5, 5.41) is 0. The third-order valence-electron chi connectivity index (χ3n) is 2.54. The van der Waals surface area contributed by atoms with Gasteiger partial charge in [-0.3, -0.25) is 4.90 Å². The van der Waals surface area contributed by atoms with E-state index < -0.39 is 0 Å². The van der Waals surface area contributed by atoms with Crippen LogP contribution >= 0.6 is 0 Å². The second kappa shape index (κ2) is 8.28. The number of hydrogen-bond acceptors (Lipinski definition) is 3. The monoisotopic (exact) mass is 222 g/mol. The molecule has 0 bridgehead atoms. The first-order valence-corrected chi connectivity index (χ1v) is 5.82. The minimum absolute atomic E-state index is 0.748. The van der Waals surface area contributed by atoms with Gasteiger partial charge >= 0.3 is 0 Å². The van der Waals surface area contributed by atoms with Crippen molar-refractivity contribution >= 4 is 0 Å². The largest absolute Gasteiger partial charge is 0.383 e.